The molecule has 1 aliphatic heterocycles. The Balaban J connectivity index is 1.65. The first-order valence-corrected chi connectivity index (χ1v) is 8.91. The molecule has 2 heterocycles. The minimum atomic E-state index is -0.924. The fourth-order valence-corrected chi connectivity index (χ4v) is 3.39. The molecule has 2 aromatic rings. The monoisotopic (exact) mass is 374 g/mol. The van der Waals surface area contributed by atoms with Crippen molar-refractivity contribution in [3.63, 3.8) is 0 Å². The van der Waals surface area contributed by atoms with Crippen molar-refractivity contribution in [2.75, 3.05) is 12.4 Å². The second-order valence-electron chi connectivity index (χ2n) is 5.71. The van der Waals surface area contributed by atoms with Crippen LogP contribution in [-0.2, 0) is 19.1 Å². The van der Waals surface area contributed by atoms with E-state index in [1.54, 1.807) is 24.3 Å². The van der Waals surface area contributed by atoms with E-state index in [1.807, 2.05) is 17.5 Å². The third-order valence-corrected chi connectivity index (χ3v) is 4.88. The van der Waals surface area contributed by atoms with E-state index in [9.17, 15) is 14.4 Å². The molecular formula is C18H18N2O5S. The van der Waals surface area contributed by atoms with Gasteiger partial charge in [0.15, 0.2) is 6.10 Å². The van der Waals surface area contributed by atoms with Gasteiger partial charge in [-0.15, -0.1) is 11.3 Å². The van der Waals surface area contributed by atoms with Gasteiger partial charge in [0.2, 0.25) is 5.91 Å². The van der Waals surface area contributed by atoms with Gasteiger partial charge in [0, 0.05) is 4.88 Å². The maximum atomic E-state index is 12.4. The quantitative estimate of drug-likeness (QED) is 0.757. The lowest BCUT2D eigenvalue weighted by Crippen LogP contribution is -2.41. The number of thiophene rings is 1. The van der Waals surface area contributed by atoms with Crippen molar-refractivity contribution < 1.29 is 23.9 Å². The van der Waals surface area contributed by atoms with Crippen LogP contribution in [0.15, 0.2) is 41.8 Å². The van der Waals surface area contributed by atoms with Gasteiger partial charge in [0.05, 0.1) is 31.7 Å². The third-order valence-electron chi connectivity index (χ3n) is 3.90. The fourth-order valence-electron chi connectivity index (χ4n) is 2.61. The molecule has 26 heavy (non-hydrogen) atoms. The van der Waals surface area contributed by atoms with E-state index in [2.05, 4.69) is 10.6 Å². The van der Waals surface area contributed by atoms with Crippen molar-refractivity contribution in [1.29, 1.82) is 0 Å². The average molecular weight is 374 g/mol. The lowest BCUT2D eigenvalue weighted by atomic mass is 10.1. The van der Waals surface area contributed by atoms with Crippen LogP contribution < -0.4 is 15.4 Å². The van der Waals surface area contributed by atoms with Crippen molar-refractivity contribution in [1.82, 2.24) is 5.32 Å². The molecule has 7 nitrogen and oxygen atoms in total. The maximum absolute atomic E-state index is 12.4. The molecule has 0 aliphatic carbocycles. The summed E-state index contributed by atoms with van der Waals surface area (Å²) in [5.74, 6) is -0.662. The number of nitrogens with one attached hydrogen (secondary N) is 2. The van der Waals surface area contributed by atoms with E-state index in [0.717, 1.165) is 4.88 Å². The Morgan fingerprint density at radius 1 is 1.31 bits per heavy atom. The van der Waals surface area contributed by atoms with Gasteiger partial charge >= 0.3 is 5.97 Å². The number of fused-ring (bicyclic) bond motifs is 1. The highest BCUT2D eigenvalue weighted by molar-refractivity contribution is 7.10. The molecule has 1 aliphatic rings. The Labute approximate surface area is 154 Å². The van der Waals surface area contributed by atoms with Crippen LogP contribution in [0.2, 0.25) is 0 Å². The number of hydrogen-bond acceptors (Lipinski definition) is 6. The molecule has 0 radical (unpaired) electrons. The molecule has 3 rings (SSSR count). The van der Waals surface area contributed by atoms with E-state index in [-0.39, 0.29) is 24.7 Å². The van der Waals surface area contributed by atoms with Crippen LogP contribution in [0.25, 0.3) is 0 Å². The van der Waals surface area contributed by atoms with Crippen LogP contribution in [0.5, 0.6) is 5.75 Å². The maximum Gasteiger partial charge on any atom is 0.307 e. The van der Waals surface area contributed by atoms with Gasteiger partial charge in [-0.2, -0.15) is 0 Å². The van der Waals surface area contributed by atoms with Gasteiger partial charge in [-0.1, -0.05) is 18.2 Å². The zero-order chi connectivity index (χ0) is 18.5. The molecule has 0 fully saturated rings. The standard InChI is InChI=1S/C18H18N2O5S/c1-24-17(22)9-12(15-7-4-8-26-15)19-16(21)10-14-18(23)20-11-5-2-3-6-13(11)25-14/h2-8,12,14H,9-10H2,1H3,(H,19,21)(H,20,23)/t12-,14+/m1/s1. The second-order valence-corrected chi connectivity index (χ2v) is 6.69. The molecule has 2 atom stereocenters. The minimum Gasteiger partial charge on any atom is -0.478 e. The zero-order valence-electron chi connectivity index (χ0n) is 14.1. The van der Waals surface area contributed by atoms with Gasteiger partial charge < -0.3 is 20.1 Å². The number of rotatable bonds is 6. The molecule has 1 aromatic heterocycles. The van der Waals surface area contributed by atoms with Gasteiger partial charge in [-0.05, 0) is 23.6 Å². The highest BCUT2D eigenvalue weighted by Gasteiger charge is 2.30. The van der Waals surface area contributed by atoms with E-state index in [1.165, 1.54) is 18.4 Å². The smallest absolute Gasteiger partial charge is 0.307 e. The van der Waals surface area contributed by atoms with Crippen molar-refractivity contribution in [3.8, 4) is 5.75 Å². The first kappa shape index (κ1) is 17.9. The Kier molecular flexibility index (Phi) is 5.52. The first-order valence-electron chi connectivity index (χ1n) is 8.03. The number of anilines is 1. The number of carbonyl (C=O) groups excluding carboxylic acids is 3. The Hall–Kier alpha value is -2.87. The Morgan fingerprint density at radius 2 is 2.12 bits per heavy atom. The van der Waals surface area contributed by atoms with E-state index in [0.29, 0.717) is 11.4 Å². The van der Waals surface area contributed by atoms with Crippen molar-refractivity contribution in [2.24, 2.45) is 0 Å². The van der Waals surface area contributed by atoms with Gasteiger partial charge in [-0.25, -0.2) is 0 Å². The van der Waals surface area contributed by atoms with Gasteiger partial charge in [-0.3, -0.25) is 14.4 Å². The topological polar surface area (TPSA) is 93.7 Å². The summed E-state index contributed by atoms with van der Waals surface area (Å²) in [6.45, 7) is 0. The predicted molar refractivity (Wildman–Crippen MR) is 95.9 cm³/mol. The molecule has 136 valence electrons. The summed E-state index contributed by atoms with van der Waals surface area (Å²) < 4.78 is 10.3. The van der Waals surface area contributed by atoms with E-state index >= 15 is 0 Å². The number of ether oxygens (including phenoxy) is 2. The third kappa shape index (κ3) is 4.20. The molecule has 0 saturated heterocycles. The molecule has 0 spiro atoms. The van der Waals surface area contributed by atoms with Gasteiger partial charge in [0.25, 0.3) is 5.91 Å². The van der Waals surface area contributed by atoms with Gasteiger partial charge in [0.1, 0.15) is 5.75 Å². The normalized spacial score (nSPS) is 16.7. The van der Waals surface area contributed by atoms with Crippen molar-refractivity contribution in [2.45, 2.75) is 25.0 Å². The number of carbonyl (C=O) groups is 3. The zero-order valence-corrected chi connectivity index (χ0v) is 14.9. The summed E-state index contributed by atoms with van der Waals surface area (Å²) >= 11 is 1.43. The number of methoxy groups -OCH3 is 1. The van der Waals surface area contributed by atoms with Crippen LogP contribution in [0.1, 0.15) is 23.8 Å². The summed E-state index contributed by atoms with van der Waals surface area (Å²) in [4.78, 5) is 37.0. The van der Waals surface area contributed by atoms with E-state index in [4.69, 9.17) is 9.47 Å². The fraction of sp³-hybridized carbons (Fsp3) is 0.278. The Bertz CT molecular complexity index is 806. The molecular weight excluding hydrogens is 356 g/mol. The number of benzene rings is 1. The molecule has 0 bridgehead atoms. The Morgan fingerprint density at radius 3 is 2.85 bits per heavy atom. The second kappa shape index (κ2) is 8.01. The van der Waals surface area contributed by atoms with Crippen LogP contribution in [0, 0.1) is 0 Å². The minimum absolute atomic E-state index is 0.0172. The highest BCUT2D eigenvalue weighted by Crippen LogP contribution is 2.30. The van der Waals surface area contributed by atoms with Crippen LogP contribution >= 0.6 is 11.3 Å². The van der Waals surface area contributed by atoms with E-state index < -0.39 is 18.1 Å². The summed E-state index contributed by atoms with van der Waals surface area (Å²) in [5, 5.41) is 7.37. The molecule has 8 heteroatoms. The predicted octanol–water partition coefficient (Wildman–Crippen LogP) is 2.26. The molecule has 2 amide bonds. The lowest BCUT2D eigenvalue weighted by molar-refractivity contribution is -0.141. The number of para-hydroxylation sites is 2. The average Bonchev–Trinajstić information content (AvgIpc) is 3.16. The molecule has 2 N–H and O–H groups in total. The molecule has 0 unspecified atom stereocenters. The van der Waals surface area contributed by atoms with Crippen molar-refractivity contribution in [3.05, 3.63) is 46.7 Å². The number of amides is 2. The lowest BCUT2D eigenvalue weighted by Gasteiger charge is -2.26. The summed E-state index contributed by atoms with van der Waals surface area (Å²) in [5.41, 5.74) is 0.580. The summed E-state index contributed by atoms with van der Waals surface area (Å²) in [6.07, 6.45) is -1.06. The molecule has 0 saturated carbocycles. The number of hydrogen-bond donors (Lipinski definition) is 2. The SMILES string of the molecule is COC(=O)C[C@@H](NC(=O)C[C@@H]1Oc2ccccc2NC1=O)c1cccs1. The summed E-state index contributed by atoms with van der Waals surface area (Å²) in [6, 6.07) is 10.2. The highest BCUT2D eigenvalue weighted by atomic mass is 32.1. The van der Waals surface area contributed by atoms with Crippen LogP contribution in [0.3, 0.4) is 0 Å². The van der Waals surface area contributed by atoms with Crippen LogP contribution in [-0.4, -0.2) is 31.0 Å². The first-order chi connectivity index (χ1) is 12.6. The van der Waals surface area contributed by atoms with Crippen molar-refractivity contribution >= 4 is 34.8 Å². The van der Waals surface area contributed by atoms with Crippen LogP contribution in [0.4, 0.5) is 5.69 Å². The largest absolute Gasteiger partial charge is 0.478 e. The summed E-state index contributed by atoms with van der Waals surface area (Å²) in [7, 11) is 1.30. The molecule has 1 aromatic carbocycles. The number of esters is 1.